The first kappa shape index (κ1) is 25.0. The number of morpholine rings is 1. The molecular formula is C24H28ClFN6O3. The first-order valence-electron chi connectivity index (χ1n) is 11.5. The van der Waals surface area contributed by atoms with Crippen molar-refractivity contribution < 1.29 is 13.9 Å². The molecule has 0 unspecified atom stereocenters. The molecule has 1 aliphatic heterocycles. The Morgan fingerprint density at radius 2 is 2.00 bits per heavy atom. The van der Waals surface area contributed by atoms with Gasteiger partial charge in [0.05, 0.1) is 18.2 Å². The lowest BCUT2D eigenvalue weighted by atomic mass is 10.2. The van der Waals surface area contributed by atoms with E-state index in [9.17, 15) is 14.0 Å². The number of halogens is 2. The van der Waals surface area contributed by atoms with Crippen LogP contribution < -0.4 is 11.0 Å². The summed E-state index contributed by atoms with van der Waals surface area (Å²) in [6.07, 6.45) is 2.55. The molecule has 1 N–H and O–H groups in total. The van der Waals surface area contributed by atoms with Crippen molar-refractivity contribution in [2.24, 2.45) is 0 Å². The Hall–Kier alpha value is -3.08. The molecule has 35 heavy (non-hydrogen) atoms. The van der Waals surface area contributed by atoms with Crippen LogP contribution in [0.25, 0.3) is 17.2 Å². The van der Waals surface area contributed by atoms with E-state index in [-0.39, 0.29) is 29.3 Å². The summed E-state index contributed by atoms with van der Waals surface area (Å²) >= 11 is 5.96. The maximum atomic E-state index is 13.7. The van der Waals surface area contributed by atoms with Gasteiger partial charge < -0.3 is 10.1 Å². The SMILES string of the molecule is CC(C)NC(=O)Cn1c(-c2ccc(F)c(Cl)c2)nn(-c2ccc(CCN3CCOCC3)cn2)c1=O. The number of carbonyl (C=O) groups is 1. The Kier molecular flexibility index (Phi) is 7.94. The second-order valence-corrected chi connectivity index (χ2v) is 9.09. The molecule has 9 nitrogen and oxygen atoms in total. The smallest absolute Gasteiger partial charge is 0.352 e. The van der Waals surface area contributed by atoms with Gasteiger partial charge in [-0.2, -0.15) is 4.68 Å². The van der Waals surface area contributed by atoms with Crippen LogP contribution in [-0.4, -0.2) is 69.0 Å². The average Bonchev–Trinajstić information content (AvgIpc) is 3.16. The van der Waals surface area contributed by atoms with E-state index in [0.29, 0.717) is 11.4 Å². The lowest BCUT2D eigenvalue weighted by molar-refractivity contribution is -0.122. The van der Waals surface area contributed by atoms with Crippen molar-refractivity contribution in [2.45, 2.75) is 32.9 Å². The number of ether oxygens (including phenoxy) is 1. The average molecular weight is 503 g/mol. The molecule has 2 aromatic heterocycles. The van der Waals surface area contributed by atoms with Gasteiger partial charge in [-0.15, -0.1) is 5.10 Å². The molecule has 1 aliphatic rings. The Labute approximate surface area is 207 Å². The molecule has 1 aromatic carbocycles. The number of pyridine rings is 1. The highest BCUT2D eigenvalue weighted by atomic mass is 35.5. The molecule has 1 fully saturated rings. The monoisotopic (exact) mass is 502 g/mol. The van der Waals surface area contributed by atoms with E-state index in [2.05, 4.69) is 20.3 Å². The van der Waals surface area contributed by atoms with Gasteiger partial charge in [-0.05, 0) is 50.1 Å². The number of nitrogens with one attached hydrogen (secondary N) is 1. The summed E-state index contributed by atoms with van der Waals surface area (Å²) in [5, 5.41) is 7.08. The molecule has 0 aliphatic carbocycles. The van der Waals surface area contributed by atoms with Gasteiger partial charge in [0.1, 0.15) is 12.4 Å². The Morgan fingerprint density at radius 1 is 1.23 bits per heavy atom. The molecule has 3 heterocycles. The normalized spacial score (nSPS) is 14.4. The summed E-state index contributed by atoms with van der Waals surface area (Å²) in [6.45, 7) is 7.64. The third-order valence-corrected chi connectivity index (χ3v) is 5.93. The zero-order valence-corrected chi connectivity index (χ0v) is 20.5. The maximum Gasteiger partial charge on any atom is 0.352 e. The number of rotatable bonds is 8. The van der Waals surface area contributed by atoms with Gasteiger partial charge in [0.2, 0.25) is 5.91 Å². The van der Waals surface area contributed by atoms with Gasteiger partial charge in [0, 0.05) is 37.4 Å². The van der Waals surface area contributed by atoms with Gasteiger partial charge in [-0.3, -0.25) is 14.3 Å². The fourth-order valence-corrected chi connectivity index (χ4v) is 4.03. The number of amides is 1. The van der Waals surface area contributed by atoms with Gasteiger partial charge in [0.25, 0.3) is 0 Å². The molecule has 0 bridgehead atoms. The first-order valence-corrected chi connectivity index (χ1v) is 11.9. The van der Waals surface area contributed by atoms with Crippen molar-refractivity contribution >= 4 is 17.5 Å². The number of nitrogens with zero attached hydrogens (tertiary/aromatic N) is 5. The third-order valence-electron chi connectivity index (χ3n) is 5.64. The molecule has 1 amide bonds. The fraction of sp³-hybridized carbons (Fsp3) is 0.417. The van der Waals surface area contributed by atoms with Crippen molar-refractivity contribution in [1.29, 1.82) is 0 Å². The standard InChI is InChI=1S/C24H28ClFN6O3/c1-16(2)28-22(33)15-31-23(18-4-5-20(26)19(25)13-18)29-32(24(31)34)21-6-3-17(14-27-21)7-8-30-9-11-35-12-10-30/h3-6,13-14,16H,7-12,15H2,1-2H3,(H,28,33). The van der Waals surface area contributed by atoms with E-state index < -0.39 is 11.5 Å². The lowest BCUT2D eigenvalue weighted by Gasteiger charge is -2.26. The summed E-state index contributed by atoms with van der Waals surface area (Å²) in [5.74, 6) is -0.422. The summed E-state index contributed by atoms with van der Waals surface area (Å²) in [4.78, 5) is 32.5. The van der Waals surface area contributed by atoms with Crippen LogP contribution >= 0.6 is 11.6 Å². The zero-order chi connectivity index (χ0) is 24.9. The van der Waals surface area contributed by atoms with Gasteiger partial charge in [-0.25, -0.2) is 14.2 Å². The van der Waals surface area contributed by atoms with E-state index in [4.69, 9.17) is 16.3 Å². The number of aromatic nitrogens is 4. The minimum absolute atomic E-state index is 0.0939. The Balaban J connectivity index is 1.62. The molecule has 0 saturated carbocycles. The van der Waals surface area contributed by atoms with Crippen LogP contribution in [0.2, 0.25) is 5.02 Å². The highest BCUT2D eigenvalue weighted by Crippen LogP contribution is 2.23. The van der Waals surface area contributed by atoms with Crippen LogP contribution in [0, 0.1) is 5.82 Å². The molecule has 0 radical (unpaired) electrons. The highest BCUT2D eigenvalue weighted by Gasteiger charge is 2.20. The van der Waals surface area contributed by atoms with Crippen molar-refractivity contribution in [3.8, 4) is 17.2 Å². The summed E-state index contributed by atoms with van der Waals surface area (Å²) in [6, 6.07) is 7.58. The van der Waals surface area contributed by atoms with Crippen molar-refractivity contribution in [3.63, 3.8) is 0 Å². The van der Waals surface area contributed by atoms with Crippen molar-refractivity contribution in [1.82, 2.24) is 29.5 Å². The van der Waals surface area contributed by atoms with Gasteiger partial charge >= 0.3 is 5.69 Å². The van der Waals surface area contributed by atoms with E-state index in [1.807, 2.05) is 19.9 Å². The topological polar surface area (TPSA) is 94.3 Å². The van der Waals surface area contributed by atoms with Crippen LogP contribution in [-0.2, 0) is 22.5 Å². The van der Waals surface area contributed by atoms with E-state index >= 15 is 0 Å². The number of hydrogen-bond donors (Lipinski definition) is 1. The van der Waals surface area contributed by atoms with Crippen LogP contribution in [0.3, 0.4) is 0 Å². The molecule has 3 aromatic rings. The minimum Gasteiger partial charge on any atom is -0.379 e. The Bertz CT molecular complexity index is 1240. The minimum atomic E-state index is -0.587. The quantitative estimate of drug-likeness (QED) is 0.508. The third kappa shape index (κ3) is 6.14. The predicted molar refractivity (Wildman–Crippen MR) is 130 cm³/mol. The highest BCUT2D eigenvalue weighted by molar-refractivity contribution is 6.31. The van der Waals surface area contributed by atoms with Crippen LogP contribution in [0.15, 0.2) is 41.3 Å². The summed E-state index contributed by atoms with van der Waals surface area (Å²) in [7, 11) is 0. The summed E-state index contributed by atoms with van der Waals surface area (Å²) < 4.78 is 21.5. The van der Waals surface area contributed by atoms with Crippen molar-refractivity contribution in [3.05, 3.63) is 63.4 Å². The molecule has 0 spiro atoms. The number of benzene rings is 1. The molecular weight excluding hydrogens is 475 g/mol. The Morgan fingerprint density at radius 3 is 2.66 bits per heavy atom. The van der Waals surface area contributed by atoms with E-state index in [0.717, 1.165) is 49.5 Å². The fourth-order valence-electron chi connectivity index (χ4n) is 3.85. The molecule has 186 valence electrons. The largest absolute Gasteiger partial charge is 0.379 e. The first-order chi connectivity index (χ1) is 16.8. The summed E-state index contributed by atoms with van der Waals surface area (Å²) in [5.41, 5.74) is 0.911. The number of hydrogen-bond acceptors (Lipinski definition) is 6. The molecule has 11 heteroatoms. The van der Waals surface area contributed by atoms with Crippen molar-refractivity contribution in [2.75, 3.05) is 32.8 Å². The lowest BCUT2D eigenvalue weighted by Crippen LogP contribution is -2.37. The molecule has 1 saturated heterocycles. The van der Waals surface area contributed by atoms with E-state index in [1.54, 1.807) is 12.3 Å². The zero-order valence-electron chi connectivity index (χ0n) is 19.7. The molecule has 4 rings (SSSR count). The van der Waals surface area contributed by atoms with Crippen LogP contribution in [0.1, 0.15) is 19.4 Å². The van der Waals surface area contributed by atoms with E-state index in [1.165, 1.54) is 22.8 Å². The predicted octanol–water partition coefficient (Wildman–Crippen LogP) is 2.29. The molecule has 0 atom stereocenters. The number of carbonyl (C=O) groups excluding carboxylic acids is 1. The van der Waals surface area contributed by atoms with Gasteiger partial charge in [0.15, 0.2) is 11.6 Å². The second kappa shape index (κ2) is 11.1. The van der Waals surface area contributed by atoms with Gasteiger partial charge in [-0.1, -0.05) is 17.7 Å². The second-order valence-electron chi connectivity index (χ2n) is 8.68. The maximum absolute atomic E-state index is 13.7. The van der Waals surface area contributed by atoms with Crippen LogP contribution in [0.5, 0.6) is 0 Å². The van der Waals surface area contributed by atoms with Crippen LogP contribution in [0.4, 0.5) is 4.39 Å².